The average molecular weight is 375 g/mol. The molecule has 1 aromatic heterocycles. The van der Waals surface area contributed by atoms with E-state index in [2.05, 4.69) is 5.10 Å². The van der Waals surface area contributed by atoms with Crippen molar-refractivity contribution in [3.8, 4) is 17.0 Å². The van der Waals surface area contributed by atoms with Gasteiger partial charge in [0.1, 0.15) is 5.75 Å². The maximum absolute atomic E-state index is 12.1. The highest BCUT2D eigenvalue weighted by Gasteiger charge is 2.07. The minimum Gasteiger partial charge on any atom is -0.494 e. The summed E-state index contributed by atoms with van der Waals surface area (Å²) in [5.41, 5.74) is 2.19. The van der Waals surface area contributed by atoms with Crippen LogP contribution in [0.1, 0.15) is 12.5 Å². The van der Waals surface area contributed by atoms with E-state index in [9.17, 15) is 4.79 Å². The van der Waals surface area contributed by atoms with Crippen molar-refractivity contribution in [3.63, 3.8) is 0 Å². The van der Waals surface area contributed by atoms with E-state index in [1.807, 2.05) is 31.2 Å². The molecule has 3 aromatic rings. The lowest BCUT2D eigenvalue weighted by Gasteiger charge is -2.09. The average Bonchev–Trinajstić information content (AvgIpc) is 2.60. The van der Waals surface area contributed by atoms with Crippen LogP contribution < -0.4 is 10.3 Å². The third-order valence-electron chi connectivity index (χ3n) is 3.66. The van der Waals surface area contributed by atoms with E-state index in [0.29, 0.717) is 22.3 Å². The van der Waals surface area contributed by atoms with Crippen LogP contribution in [0.4, 0.5) is 0 Å². The van der Waals surface area contributed by atoms with Gasteiger partial charge in [-0.25, -0.2) is 4.68 Å². The van der Waals surface area contributed by atoms with E-state index < -0.39 is 0 Å². The number of ether oxygens (including phenoxy) is 1. The molecule has 0 amide bonds. The second-order valence-electron chi connectivity index (χ2n) is 5.41. The highest BCUT2D eigenvalue weighted by molar-refractivity contribution is 6.35. The van der Waals surface area contributed by atoms with Crippen LogP contribution in [0.3, 0.4) is 0 Å². The monoisotopic (exact) mass is 374 g/mol. The molecule has 1 heterocycles. The van der Waals surface area contributed by atoms with Crippen LogP contribution in [0, 0.1) is 0 Å². The van der Waals surface area contributed by atoms with Gasteiger partial charge in [-0.1, -0.05) is 29.3 Å². The number of benzene rings is 2. The van der Waals surface area contributed by atoms with Crippen molar-refractivity contribution >= 4 is 23.2 Å². The summed E-state index contributed by atoms with van der Waals surface area (Å²) in [5.74, 6) is 0.799. The van der Waals surface area contributed by atoms with Gasteiger partial charge in [-0.15, -0.1) is 0 Å². The summed E-state index contributed by atoms with van der Waals surface area (Å²) < 4.78 is 6.83. The Morgan fingerprint density at radius 1 is 1.04 bits per heavy atom. The maximum Gasteiger partial charge on any atom is 0.267 e. The molecule has 0 aliphatic carbocycles. The van der Waals surface area contributed by atoms with Crippen molar-refractivity contribution in [2.24, 2.45) is 0 Å². The normalized spacial score (nSPS) is 10.7. The van der Waals surface area contributed by atoms with E-state index in [0.717, 1.165) is 16.9 Å². The third-order valence-corrected chi connectivity index (χ3v) is 4.25. The van der Waals surface area contributed by atoms with Crippen LogP contribution >= 0.6 is 23.2 Å². The van der Waals surface area contributed by atoms with Crippen molar-refractivity contribution in [2.45, 2.75) is 13.5 Å². The maximum atomic E-state index is 12.1. The fraction of sp³-hybridized carbons (Fsp3) is 0.158. The lowest BCUT2D eigenvalue weighted by molar-refractivity contribution is 0.340. The predicted molar refractivity (Wildman–Crippen MR) is 101 cm³/mol. The van der Waals surface area contributed by atoms with Crippen LogP contribution in [0.15, 0.2) is 59.4 Å². The molecule has 0 spiro atoms. The number of halogens is 2. The lowest BCUT2D eigenvalue weighted by Crippen LogP contribution is -2.23. The Kier molecular flexibility index (Phi) is 5.41. The predicted octanol–water partition coefficient (Wildman–Crippen LogP) is 4.66. The van der Waals surface area contributed by atoms with Crippen molar-refractivity contribution in [1.29, 1.82) is 0 Å². The first-order valence-electron chi connectivity index (χ1n) is 7.82. The van der Waals surface area contributed by atoms with Gasteiger partial charge in [-0.3, -0.25) is 4.79 Å². The minimum atomic E-state index is -0.194. The molecule has 0 fully saturated rings. The Labute approximate surface area is 155 Å². The summed E-state index contributed by atoms with van der Waals surface area (Å²) in [7, 11) is 0. The Hall–Kier alpha value is -2.30. The fourth-order valence-corrected chi connectivity index (χ4v) is 2.88. The summed E-state index contributed by atoms with van der Waals surface area (Å²) in [5, 5.41) is 5.51. The summed E-state index contributed by atoms with van der Waals surface area (Å²) in [4.78, 5) is 12.1. The number of hydrogen-bond donors (Lipinski definition) is 0. The highest BCUT2D eigenvalue weighted by Crippen LogP contribution is 2.22. The minimum absolute atomic E-state index is 0.194. The van der Waals surface area contributed by atoms with Gasteiger partial charge in [-0.05, 0) is 55.0 Å². The van der Waals surface area contributed by atoms with E-state index in [1.165, 1.54) is 10.7 Å². The zero-order valence-electron chi connectivity index (χ0n) is 13.6. The topological polar surface area (TPSA) is 44.1 Å². The Bertz CT molecular complexity index is 937. The van der Waals surface area contributed by atoms with Gasteiger partial charge in [0.25, 0.3) is 5.56 Å². The molecule has 0 aliphatic heterocycles. The van der Waals surface area contributed by atoms with Crippen LogP contribution in [0.2, 0.25) is 10.0 Å². The molecular formula is C19H16Cl2N2O2. The van der Waals surface area contributed by atoms with Crippen molar-refractivity contribution in [3.05, 3.63) is 80.6 Å². The molecule has 0 N–H and O–H groups in total. The van der Waals surface area contributed by atoms with Gasteiger partial charge in [0, 0.05) is 21.7 Å². The number of rotatable bonds is 5. The van der Waals surface area contributed by atoms with Crippen molar-refractivity contribution in [1.82, 2.24) is 9.78 Å². The van der Waals surface area contributed by atoms with Crippen LogP contribution in [-0.4, -0.2) is 16.4 Å². The van der Waals surface area contributed by atoms with E-state index in [4.69, 9.17) is 27.9 Å². The molecule has 128 valence electrons. The standard InChI is InChI=1S/C19H16Cl2N2O2/c1-2-25-16-7-4-13(5-8-16)18-9-10-19(24)23(22-18)12-14-3-6-15(20)11-17(14)21/h3-11H,2,12H2,1H3. The molecule has 0 atom stereocenters. The van der Waals surface area contributed by atoms with E-state index in [-0.39, 0.29) is 12.1 Å². The largest absolute Gasteiger partial charge is 0.494 e. The molecule has 3 rings (SSSR count). The first kappa shape index (κ1) is 17.5. The lowest BCUT2D eigenvalue weighted by atomic mass is 10.1. The SMILES string of the molecule is CCOc1ccc(-c2ccc(=O)n(Cc3ccc(Cl)cc3Cl)n2)cc1. The summed E-state index contributed by atoms with van der Waals surface area (Å²) in [6, 6.07) is 16.0. The molecular weight excluding hydrogens is 359 g/mol. The smallest absolute Gasteiger partial charge is 0.267 e. The summed E-state index contributed by atoms with van der Waals surface area (Å²) >= 11 is 12.1. The van der Waals surface area contributed by atoms with Gasteiger partial charge >= 0.3 is 0 Å². The first-order chi connectivity index (χ1) is 12.1. The molecule has 0 bridgehead atoms. The number of hydrogen-bond acceptors (Lipinski definition) is 3. The van der Waals surface area contributed by atoms with Crippen LogP contribution in [0.25, 0.3) is 11.3 Å². The zero-order chi connectivity index (χ0) is 17.8. The Morgan fingerprint density at radius 3 is 2.48 bits per heavy atom. The summed E-state index contributed by atoms with van der Waals surface area (Å²) in [6.07, 6.45) is 0. The second kappa shape index (κ2) is 7.72. The van der Waals surface area contributed by atoms with Crippen LogP contribution in [0.5, 0.6) is 5.75 Å². The Morgan fingerprint density at radius 2 is 1.80 bits per heavy atom. The van der Waals surface area contributed by atoms with Gasteiger partial charge in [0.15, 0.2) is 0 Å². The molecule has 0 aliphatic rings. The molecule has 6 heteroatoms. The van der Waals surface area contributed by atoms with Gasteiger partial charge in [-0.2, -0.15) is 5.10 Å². The highest BCUT2D eigenvalue weighted by atomic mass is 35.5. The molecule has 0 saturated heterocycles. The van der Waals surface area contributed by atoms with E-state index >= 15 is 0 Å². The second-order valence-corrected chi connectivity index (χ2v) is 6.25. The molecule has 0 unspecified atom stereocenters. The quantitative estimate of drug-likeness (QED) is 0.651. The zero-order valence-corrected chi connectivity index (χ0v) is 15.1. The van der Waals surface area contributed by atoms with Crippen molar-refractivity contribution in [2.75, 3.05) is 6.61 Å². The summed E-state index contributed by atoms with van der Waals surface area (Å²) in [6.45, 7) is 2.83. The van der Waals surface area contributed by atoms with Crippen LogP contribution in [-0.2, 0) is 6.54 Å². The van der Waals surface area contributed by atoms with E-state index in [1.54, 1.807) is 24.3 Å². The number of aromatic nitrogens is 2. The number of nitrogens with zero attached hydrogens (tertiary/aromatic N) is 2. The first-order valence-corrected chi connectivity index (χ1v) is 8.58. The fourth-order valence-electron chi connectivity index (χ4n) is 2.42. The van der Waals surface area contributed by atoms with Gasteiger partial charge < -0.3 is 4.74 Å². The van der Waals surface area contributed by atoms with Gasteiger partial charge in [0.2, 0.25) is 0 Å². The molecule has 2 aromatic carbocycles. The molecule has 25 heavy (non-hydrogen) atoms. The molecule has 0 radical (unpaired) electrons. The Balaban J connectivity index is 1.91. The molecule has 4 nitrogen and oxygen atoms in total. The van der Waals surface area contributed by atoms with Gasteiger partial charge in [0.05, 0.1) is 18.8 Å². The third kappa shape index (κ3) is 4.21. The van der Waals surface area contributed by atoms with Crippen molar-refractivity contribution < 1.29 is 4.74 Å². The molecule has 0 saturated carbocycles.